The summed E-state index contributed by atoms with van der Waals surface area (Å²) in [6.45, 7) is 4.76. The summed E-state index contributed by atoms with van der Waals surface area (Å²) < 4.78 is 7.08. The second kappa shape index (κ2) is 7.99. The Morgan fingerprint density at radius 3 is 2.56 bits per heavy atom. The van der Waals surface area contributed by atoms with Gasteiger partial charge in [-0.25, -0.2) is 9.78 Å². The van der Waals surface area contributed by atoms with Crippen molar-refractivity contribution in [3.8, 4) is 0 Å². The van der Waals surface area contributed by atoms with Crippen LogP contribution in [0.5, 0.6) is 0 Å². The van der Waals surface area contributed by atoms with Crippen LogP contribution in [0.1, 0.15) is 42.0 Å². The number of imidazole rings is 1. The fourth-order valence-electron chi connectivity index (χ4n) is 3.02. The Labute approximate surface area is 156 Å². The largest absolute Gasteiger partial charge is 0.462 e. The van der Waals surface area contributed by atoms with E-state index in [9.17, 15) is 14.9 Å². The van der Waals surface area contributed by atoms with Gasteiger partial charge in [0.2, 0.25) is 0 Å². The topological polar surface area (TPSA) is 87.3 Å². The monoisotopic (exact) mass is 367 g/mol. The molecule has 3 aromatic rings. The first-order chi connectivity index (χ1) is 13.0. The van der Waals surface area contributed by atoms with Gasteiger partial charge in [-0.3, -0.25) is 10.1 Å². The molecule has 0 unspecified atom stereocenters. The van der Waals surface area contributed by atoms with Crippen LogP contribution in [0.3, 0.4) is 0 Å². The third-order valence-corrected chi connectivity index (χ3v) is 4.30. The molecule has 0 N–H and O–H groups in total. The van der Waals surface area contributed by atoms with E-state index in [-0.39, 0.29) is 11.7 Å². The minimum atomic E-state index is -0.411. The van der Waals surface area contributed by atoms with Crippen LogP contribution in [-0.2, 0) is 17.7 Å². The number of carbonyl (C=O) groups is 1. The SMILES string of the molecule is CCCc1nc2cc([N+](=O)[O-])ccc2n1Cc1ccc(C(=O)OCC)cc1. The fourth-order valence-corrected chi connectivity index (χ4v) is 3.02. The summed E-state index contributed by atoms with van der Waals surface area (Å²) in [6, 6.07) is 12.0. The second-order valence-corrected chi connectivity index (χ2v) is 6.21. The number of hydrogen-bond acceptors (Lipinski definition) is 5. The maximum absolute atomic E-state index is 11.8. The molecule has 27 heavy (non-hydrogen) atoms. The highest BCUT2D eigenvalue weighted by molar-refractivity contribution is 5.89. The van der Waals surface area contributed by atoms with E-state index >= 15 is 0 Å². The Balaban J connectivity index is 1.94. The van der Waals surface area contributed by atoms with Gasteiger partial charge in [-0.05, 0) is 37.1 Å². The lowest BCUT2D eigenvalue weighted by Crippen LogP contribution is -2.07. The first-order valence-corrected chi connectivity index (χ1v) is 8.93. The number of fused-ring (bicyclic) bond motifs is 1. The summed E-state index contributed by atoms with van der Waals surface area (Å²) in [6.07, 6.45) is 1.70. The third-order valence-electron chi connectivity index (χ3n) is 4.30. The van der Waals surface area contributed by atoms with E-state index in [1.165, 1.54) is 12.1 Å². The summed E-state index contributed by atoms with van der Waals surface area (Å²) in [5, 5.41) is 11.0. The standard InChI is InChI=1S/C20H21N3O4/c1-3-5-19-21-17-12-16(23(25)26)10-11-18(17)22(19)13-14-6-8-15(9-7-14)20(24)27-4-2/h6-12H,3-5,13H2,1-2H3. The molecule has 1 aromatic heterocycles. The van der Waals surface area contributed by atoms with E-state index in [0.717, 1.165) is 29.7 Å². The molecule has 0 saturated carbocycles. The number of esters is 1. The lowest BCUT2D eigenvalue weighted by Gasteiger charge is -2.10. The van der Waals surface area contributed by atoms with E-state index < -0.39 is 4.92 Å². The summed E-state index contributed by atoms with van der Waals surface area (Å²) in [5.41, 5.74) is 3.04. The molecule has 0 fully saturated rings. The van der Waals surface area contributed by atoms with Crippen LogP contribution in [0.15, 0.2) is 42.5 Å². The normalized spacial score (nSPS) is 10.9. The number of ether oxygens (including phenoxy) is 1. The number of carbonyl (C=O) groups excluding carboxylic acids is 1. The fraction of sp³-hybridized carbons (Fsp3) is 0.300. The molecule has 2 aromatic carbocycles. The number of nitrogens with zero attached hydrogens (tertiary/aromatic N) is 3. The molecule has 7 nitrogen and oxygen atoms in total. The second-order valence-electron chi connectivity index (χ2n) is 6.21. The van der Waals surface area contributed by atoms with Gasteiger partial charge in [0.25, 0.3) is 5.69 Å². The number of rotatable bonds is 7. The van der Waals surface area contributed by atoms with Crippen LogP contribution in [-0.4, -0.2) is 27.1 Å². The Morgan fingerprint density at radius 2 is 1.93 bits per heavy atom. The van der Waals surface area contributed by atoms with Crippen molar-refractivity contribution < 1.29 is 14.5 Å². The molecular formula is C20H21N3O4. The summed E-state index contributed by atoms with van der Waals surface area (Å²) in [5.74, 6) is 0.554. The molecule has 0 amide bonds. The Bertz CT molecular complexity index is 977. The molecule has 140 valence electrons. The van der Waals surface area contributed by atoms with Gasteiger partial charge < -0.3 is 9.30 Å². The van der Waals surface area contributed by atoms with Crippen molar-refractivity contribution in [2.75, 3.05) is 6.61 Å². The predicted molar refractivity (Wildman–Crippen MR) is 102 cm³/mol. The van der Waals surface area contributed by atoms with Crippen LogP contribution in [0.4, 0.5) is 5.69 Å². The summed E-state index contributed by atoms with van der Waals surface area (Å²) in [4.78, 5) is 27.0. The smallest absolute Gasteiger partial charge is 0.338 e. The quantitative estimate of drug-likeness (QED) is 0.356. The van der Waals surface area contributed by atoms with Crippen molar-refractivity contribution in [2.24, 2.45) is 0 Å². The van der Waals surface area contributed by atoms with Crippen LogP contribution in [0.25, 0.3) is 11.0 Å². The maximum atomic E-state index is 11.8. The van der Waals surface area contributed by atoms with Gasteiger partial charge in [0.15, 0.2) is 0 Å². The van der Waals surface area contributed by atoms with E-state index in [2.05, 4.69) is 16.5 Å². The Morgan fingerprint density at radius 1 is 1.19 bits per heavy atom. The predicted octanol–water partition coefficient (Wildman–Crippen LogP) is 4.12. The molecule has 3 rings (SSSR count). The van der Waals surface area contributed by atoms with Crippen LogP contribution >= 0.6 is 0 Å². The number of aromatic nitrogens is 2. The number of nitro benzene ring substituents is 1. The van der Waals surface area contributed by atoms with Gasteiger partial charge >= 0.3 is 5.97 Å². The van der Waals surface area contributed by atoms with Crippen molar-refractivity contribution >= 4 is 22.7 Å². The van der Waals surface area contributed by atoms with E-state index in [1.807, 2.05) is 12.1 Å². The number of nitro groups is 1. The Kier molecular flexibility index (Phi) is 5.49. The number of hydrogen-bond donors (Lipinski definition) is 0. The minimum absolute atomic E-state index is 0.0361. The molecule has 0 saturated heterocycles. The third kappa shape index (κ3) is 3.97. The van der Waals surface area contributed by atoms with Crippen molar-refractivity contribution in [2.45, 2.75) is 33.2 Å². The molecule has 0 spiro atoms. The summed E-state index contributed by atoms with van der Waals surface area (Å²) in [7, 11) is 0. The highest BCUT2D eigenvalue weighted by Gasteiger charge is 2.15. The molecule has 1 heterocycles. The van der Waals surface area contributed by atoms with Gasteiger partial charge in [0.05, 0.1) is 28.1 Å². The van der Waals surface area contributed by atoms with Crippen LogP contribution in [0, 0.1) is 10.1 Å². The zero-order chi connectivity index (χ0) is 19.4. The molecular weight excluding hydrogens is 346 g/mol. The average Bonchev–Trinajstić information content (AvgIpc) is 2.99. The van der Waals surface area contributed by atoms with Gasteiger partial charge in [-0.2, -0.15) is 0 Å². The lowest BCUT2D eigenvalue weighted by atomic mass is 10.1. The van der Waals surface area contributed by atoms with Crippen molar-refractivity contribution in [3.63, 3.8) is 0 Å². The zero-order valence-electron chi connectivity index (χ0n) is 15.3. The molecule has 0 aliphatic heterocycles. The molecule has 0 bridgehead atoms. The van der Waals surface area contributed by atoms with Crippen LogP contribution < -0.4 is 0 Å². The summed E-state index contributed by atoms with van der Waals surface area (Å²) >= 11 is 0. The first-order valence-electron chi connectivity index (χ1n) is 8.93. The average molecular weight is 367 g/mol. The highest BCUT2D eigenvalue weighted by atomic mass is 16.6. The van der Waals surface area contributed by atoms with Crippen LogP contribution in [0.2, 0.25) is 0 Å². The van der Waals surface area contributed by atoms with E-state index in [4.69, 9.17) is 4.74 Å². The molecule has 0 atom stereocenters. The van der Waals surface area contributed by atoms with Gasteiger partial charge in [-0.1, -0.05) is 19.1 Å². The van der Waals surface area contributed by atoms with Gasteiger partial charge in [0, 0.05) is 25.1 Å². The van der Waals surface area contributed by atoms with Crippen molar-refractivity contribution in [3.05, 3.63) is 69.5 Å². The maximum Gasteiger partial charge on any atom is 0.338 e. The zero-order valence-corrected chi connectivity index (χ0v) is 15.3. The molecule has 0 radical (unpaired) electrons. The first kappa shape index (κ1) is 18.6. The lowest BCUT2D eigenvalue weighted by molar-refractivity contribution is -0.384. The highest BCUT2D eigenvalue weighted by Crippen LogP contribution is 2.24. The molecule has 0 aliphatic carbocycles. The molecule has 0 aliphatic rings. The van der Waals surface area contributed by atoms with Gasteiger partial charge in [-0.15, -0.1) is 0 Å². The van der Waals surface area contributed by atoms with Crippen molar-refractivity contribution in [1.29, 1.82) is 0 Å². The number of benzene rings is 2. The van der Waals surface area contributed by atoms with Gasteiger partial charge in [0.1, 0.15) is 5.82 Å². The minimum Gasteiger partial charge on any atom is -0.462 e. The number of non-ortho nitro benzene ring substituents is 1. The molecule has 7 heteroatoms. The van der Waals surface area contributed by atoms with E-state index in [0.29, 0.717) is 24.2 Å². The number of aryl methyl sites for hydroxylation is 1. The van der Waals surface area contributed by atoms with E-state index in [1.54, 1.807) is 25.1 Å². The van der Waals surface area contributed by atoms with Crippen molar-refractivity contribution in [1.82, 2.24) is 9.55 Å². The Hall–Kier alpha value is -3.22.